The second-order valence-electron chi connectivity index (χ2n) is 7.80. The summed E-state index contributed by atoms with van der Waals surface area (Å²) in [6.07, 6.45) is 8.03. The summed E-state index contributed by atoms with van der Waals surface area (Å²) < 4.78 is -0.459. The van der Waals surface area contributed by atoms with Crippen LogP contribution in [-0.4, -0.2) is 22.4 Å². The monoisotopic (exact) mass is 440 g/mol. The summed E-state index contributed by atoms with van der Waals surface area (Å²) in [5, 5.41) is 0.347. The summed E-state index contributed by atoms with van der Waals surface area (Å²) in [5.74, 6) is 3.68. The third-order valence-electron chi connectivity index (χ3n) is 4.58. The molecule has 0 saturated carbocycles. The maximum absolute atomic E-state index is 13.5. The zero-order valence-electron chi connectivity index (χ0n) is 18.6. The van der Waals surface area contributed by atoms with Gasteiger partial charge in [0, 0.05) is 5.75 Å². The van der Waals surface area contributed by atoms with E-state index in [1.54, 1.807) is 11.8 Å². The molecule has 1 aromatic carbocycles. The van der Waals surface area contributed by atoms with E-state index in [1.807, 2.05) is 23.5 Å². The summed E-state index contributed by atoms with van der Waals surface area (Å²) in [6, 6.07) is 8.95. The number of benzene rings is 1. The first-order valence-corrected chi connectivity index (χ1v) is 14.0. The van der Waals surface area contributed by atoms with E-state index < -0.39 is 4.08 Å². The number of hydrogen-bond donors (Lipinski definition) is 0. The Labute approximate surface area is 187 Å². The van der Waals surface area contributed by atoms with E-state index >= 15 is 0 Å². The van der Waals surface area contributed by atoms with E-state index in [0.29, 0.717) is 11.0 Å². The van der Waals surface area contributed by atoms with Crippen molar-refractivity contribution in [1.29, 1.82) is 0 Å². The number of carbonyl (C=O) groups excluding carboxylic acids is 1. The molecule has 0 unspecified atom stereocenters. The third kappa shape index (κ3) is 8.75. The van der Waals surface area contributed by atoms with Gasteiger partial charge in [-0.3, -0.25) is 4.79 Å². The Hall–Kier alpha value is -0.0600. The average Bonchev–Trinajstić information content (AvgIpc) is 2.67. The minimum Gasteiger partial charge on any atom is -0.284 e. The largest absolute Gasteiger partial charge is 0.284 e. The summed E-state index contributed by atoms with van der Waals surface area (Å²) in [6.45, 7) is 11.2. The number of thioether (sulfide) groups is 3. The Kier molecular flexibility index (Phi) is 13.8. The van der Waals surface area contributed by atoms with E-state index in [4.69, 9.17) is 0 Å². The Balaban J connectivity index is 3.16. The van der Waals surface area contributed by atoms with Crippen LogP contribution in [0, 0.1) is 5.92 Å². The summed E-state index contributed by atoms with van der Waals surface area (Å²) >= 11 is 5.30. The van der Waals surface area contributed by atoms with Crippen molar-refractivity contribution >= 4 is 40.4 Å². The molecule has 0 atom stereocenters. The quantitative estimate of drug-likeness (QED) is 0.202. The third-order valence-corrected chi connectivity index (χ3v) is 9.25. The highest BCUT2D eigenvalue weighted by Gasteiger charge is 2.41. The van der Waals surface area contributed by atoms with E-state index in [1.165, 1.54) is 36.8 Å². The Morgan fingerprint density at radius 3 is 1.82 bits per heavy atom. The number of carbonyl (C=O) groups is 1. The fourth-order valence-corrected chi connectivity index (χ4v) is 7.65. The average molecular weight is 441 g/mol. The molecule has 1 aromatic rings. The maximum atomic E-state index is 13.5. The van der Waals surface area contributed by atoms with Crippen molar-refractivity contribution in [3.05, 3.63) is 35.4 Å². The molecule has 0 aliphatic carbocycles. The van der Waals surface area contributed by atoms with Crippen LogP contribution in [0.4, 0.5) is 0 Å². The zero-order chi connectivity index (χ0) is 20.8. The van der Waals surface area contributed by atoms with Gasteiger partial charge >= 0.3 is 0 Å². The first kappa shape index (κ1) is 26.0. The number of rotatable bonds is 15. The summed E-state index contributed by atoms with van der Waals surface area (Å²) in [7, 11) is 0. The molecular formula is C24H40OS3. The van der Waals surface area contributed by atoms with Gasteiger partial charge in [0.1, 0.15) is 0 Å². The van der Waals surface area contributed by atoms with Gasteiger partial charge in [0.2, 0.25) is 5.12 Å². The molecule has 0 radical (unpaired) electrons. The highest BCUT2D eigenvalue weighted by molar-refractivity contribution is 8.24. The van der Waals surface area contributed by atoms with Gasteiger partial charge in [-0.1, -0.05) is 89.9 Å². The van der Waals surface area contributed by atoms with Crippen LogP contribution in [0.25, 0.3) is 0 Å². The SMILES string of the molecule is CCCCSC(=O)C(SCCCC)(SCCCC)c1ccc(CC(C)C)cc1. The van der Waals surface area contributed by atoms with Crippen LogP contribution in [0.3, 0.4) is 0 Å². The Morgan fingerprint density at radius 2 is 1.36 bits per heavy atom. The second-order valence-corrected chi connectivity index (χ2v) is 11.7. The second kappa shape index (κ2) is 14.8. The van der Waals surface area contributed by atoms with Crippen molar-refractivity contribution in [3.63, 3.8) is 0 Å². The van der Waals surface area contributed by atoms with Crippen LogP contribution < -0.4 is 0 Å². The van der Waals surface area contributed by atoms with Gasteiger partial charge in [0.25, 0.3) is 0 Å². The van der Waals surface area contributed by atoms with Gasteiger partial charge in [-0.25, -0.2) is 0 Å². The van der Waals surface area contributed by atoms with Crippen LogP contribution >= 0.6 is 35.3 Å². The molecule has 28 heavy (non-hydrogen) atoms. The fraction of sp³-hybridized carbons (Fsp3) is 0.708. The molecule has 0 aromatic heterocycles. The summed E-state index contributed by atoms with van der Waals surface area (Å²) in [4.78, 5) is 13.5. The lowest BCUT2D eigenvalue weighted by Gasteiger charge is -2.32. The number of hydrogen-bond acceptors (Lipinski definition) is 4. The Bertz CT molecular complexity index is 529. The van der Waals surface area contributed by atoms with Crippen LogP contribution in [0.2, 0.25) is 0 Å². The lowest BCUT2D eigenvalue weighted by atomic mass is 10.0. The fourth-order valence-electron chi connectivity index (χ4n) is 2.90. The molecule has 0 saturated heterocycles. The van der Waals surface area contributed by atoms with Crippen molar-refractivity contribution < 1.29 is 4.79 Å². The molecular weight excluding hydrogens is 400 g/mol. The molecule has 0 bridgehead atoms. The first-order valence-electron chi connectivity index (χ1n) is 11.0. The van der Waals surface area contributed by atoms with E-state index in [0.717, 1.165) is 36.5 Å². The van der Waals surface area contributed by atoms with Crippen molar-refractivity contribution in [2.45, 2.75) is 83.6 Å². The van der Waals surface area contributed by atoms with Crippen LogP contribution in [0.15, 0.2) is 24.3 Å². The smallest absolute Gasteiger partial charge is 0.219 e. The molecule has 4 heteroatoms. The van der Waals surface area contributed by atoms with Gasteiger partial charge in [0.05, 0.1) is 0 Å². The molecule has 0 aliphatic heterocycles. The number of unbranched alkanes of at least 4 members (excludes halogenated alkanes) is 3. The zero-order valence-corrected chi connectivity index (χ0v) is 21.0. The van der Waals surface area contributed by atoms with Gasteiger partial charge in [-0.15, -0.1) is 23.5 Å². The molecule has 0 aliphatic rings. The van der Waals surface area contributed by atoms with Gasteiger partial charge in [-0.2, -0.15) is 0 Å². The Morgan fingerprint density at radius 1 is 0.857 bits per heavy atom. The molecule has 1 rings (SSSR count). The van der Waals surface area contributed by atoms with E-state index in [2.05, 4.69) is 58.9 Å². The van der Waals surface area contributed by atoms with Gasteiger partial charge in [-0.05, 0) is 54.2 Å². The predicted octanol–water partition coefficient (Wildman–Crippen LogP) is 8.16. The van der Waals surface area contributed by atoms with Crippen LogP contribution in [-0.2, 0) is 15.3 Å². The van der Waals surface area contributed by atoms with E-state index in [-0.39, 0.29) is 0 Å². The molecule has 0 fully saturated rings. The molecule has 0 amide bonds. The molecule has 0 N–H and O–H groups in total. The maximum Gasteiger partial charge on any atom is 0.219 e. The lowest BCUT2D eigenvalue weighted by Crippen LogP contribution is -2.28. The van der Waals surface area contributed by atoms with Crippen LogP contribution in [0.1, 0.15) is 84.3 Å². The minimum absolute atomic E-state index is 0.347. The standard InChI is InChI=1S/C24H40OS3/c1-6-9-16-26-23(25)24(27-17-10-7-2,28-18-11-8-3)22-14-12-21(13-15-22)19-20(4)5/h12-15,20H,6-11,16-19H2,1-5H3. The molecule has 0 spiro atoms. The predicted molar refractivity (Wildman–Crippen MR) is 134 cm³/mol. The highest BCUT2D eigenvalue weighted by Crippen LogP contribution is 2.50. The van der Waals surface area contributed by atoms with Gasteiger partial charge in [0.15, 0.2) is 4.08 Å². The van der Waals surface area contributed by atoms with Crippen molar-refractivity contribution in [3.8, 4) is 0 Å². The summed E-state index contributed by atoms with van der Waals surface area (Å²) in [5.41, 5.74) is 2.56. The first-order chi connectivity index (χ1) is 13.5. The normalized spacial score (nSPS) is 11.9. The molecule has 1 nitrogen and oxygen atoms in total. The molecule has 0 heterocycles. The van der Waals surface area contributed by atoms with Crippen molar-refractivity contribution in [1.82, 2.24) is 0 Å². The van der Waals surface area contributed by atoms with Crippen molar-refractivity contribution in [2.75, 3.05) is 17.3 Å². The van der Waals surface area contributed by atoms with Crippen LogP contribution in [0.5, 0.6) is 0 Å². The van der Waals surface area contributed by atoms with Crippen molar-refractivity contribution in [2.24, 2.45) is 5.92 Å². The highest BCUT2D eigenvalue weighted by atomic mass is 32.2. The minimum atomic E-state index is -0.459. The topological polar surface area (TPSA) is 17.1 Å². The van der Waals surface area contributed by atoms with E-state index in [9.17, 15) is 4.79 Å². The van der Waals surface area contributed by atoms with Gasteiger partial charge < -0.3 is 0 Å². The lowest BCUT2D eigenvalue weighted by molar-refractivity contribution is -0.111. The molecule has 160 valence electrons.